The third kappa shape index (κ3) is 5.45. The highest BCUT2D eigenvalue weighted by Crippen LogP contribution is 2.30. The lowest BCUT2D eigenvalue weighted by Crippen LogP contribution is -2.52. The van der Waals surface area contributed by atoms with E-state index in [1.165, 1.54) is 22.9 Å². The zero-order valence-corrected chi connectivity index (χ0v) is 20.2. The van der Waals surface area contributed by atoms with Gasteiger partial charge in [0, 0.05) is 44.1 Å². The third-order valence-electron chi connectivity index (χ3n) is 6.39. The number of esters is 1. The van der Waals surface area contributed by atoms with E-state index in [9.17, 15) is 18.4 Å². The number of amides is 2. The fourth-order valence-electron chi connectivity index (χ4n) is 4.57. The Morgan fingerprint density at radius 2 is 1.80 bits per heavy atom. The van der Waals surface area contributed by atoms with Crippen LogP contribution in [0.3, 0.4) is 0 Å². The van der Waals surface area contributed by atoms with Gasteiger partial charge < -0.3 is 20.3 Å². The van der Waals surface area contributed by atoms with Crippen LogP contribution >= 0.6 is 0 Å². The molecule has 2 aliphatic rings. The topological polar surface area (TPSA) is 73.9 Å². The van der Waals surface area contributed by atoms with E-state index in [1.54, 1.807) is 6.92 Å². The first-order valence-corrected chi connectivity index (χ1v) is 11.7. The molecule has 0 radical (unpaired) electrons. The molecular weight excluding hydrogens is 454 g/mol. The standard InChI is InChI=1S/C26H30F2N4O3/c1-4-35-25(33)23-21(29-26(34)30-24(23)18-7-8-19(27)20(28)14-18)15-31-9-11-32(12-10-31)22-13-16(2)5-6-17(22)3/h5-8,13-14,24H,4,9-12,15H2,1-3H3,(H2,29,30,34)/t24-/m0/s1. The number of carbonyl (C=O) groups excluding carboxylic acids is 2. The monoisotopic (exact) mass is 484 g/mol. The zero-order chi connectivity index (χ0) is 25.1. The van der Waals surface area contributed by atoms with Crippen molar-refractivity contribution in [2.75, 3.05) is 44.2 Å². The number of hydrogen-bond donors (Lipinski definition) is 2. The Morgan fingerprint density at radius 3 is 2.49 bits per heavy atom. The third-order valence-corrected chi connectivity index (χ3v) is 6.39. The molecule has 0 unspecified atom stereocenters. The number of hydrogen-bond acceptors (Lipinski definition) is 5. The van der Waals surface area contributed by atoms with Crippen LogP contribution in [0.25, 0.3) is 0 Å². The number of nitrogens with zero attached hydrogens (tertiary/aromatic N) is 2. The summed E-state index contributed by atoms with van der Waals surface area (Å²) in [5, 5.41) is 5.40. The minimum atomic E-state index is -1.05. The van der Waals surface area contributed by atoms with E-state index in [-0.39, 0.29) is 17.7 Å². The first-order valence-electron chi connectivity index (χ1n) is 11.7. The van der Waals surface area contributed by atoms with Gasteiger partial charge in [-0.25, -0.2) is 18.4 Å². The summed E-state index contributed by atoms with van der Waals surface area (Å²) in [5.74, 6) is -2.67. The highest BCUT2D eigenvalue weighted by atomic mass is 19.2. The van der Waals surface area contributed by atoms with Crippen molar-refractivity contribution < 1.29 is 23.1 Å². The summed E-state index contributed by atoms with van der Waals surface area (Å²) in [6, 6.07) is 8.26. The Kier molecular flexibility index (Phi) is 7.35. The Hall–Kier alpha value is -3.46. The lowest BCUT2D eigenvalue weighted by Gasteiger charge is -2.38. The van der Waals surface area contributed by atoms with Crippen LogP contribution < -0.4 is 15.5 Å². The number of carbonyl (C=O) groups is 2. The quantitative estimate of drug-likeness (QED) is 0.614. The molecule has 186 valence electrons. The minimum Gasteiger partial charge on any atom is -0.463 e. The number of anilines is 1. The number of piperazine rings is 1. The van der Waals surface area contributed by atoms with Crippen LogP contribution in [-0.4, -0.2) is 56.2 Å². The van der Waals surface area contributed by atoms with Gasteiger partial charge in [-0.2, -0.15) is 0 Å². The second kappa shape index (κ2) is 10.4. The smallest absolute Gasteiger partial charge is 0.338 e. The average Bonchev–Trinajstić information content (AvgIpc) is 2.82. The molecule has 7 nitrogen and oxygen atoms in total. The second-order valence-electron chi connectivity index (χ2n) is 8.87. The van der Waals surface area contributed by atoms with Crippen LogP contribution in [0.2, 0.25) is 0 Å². The van der Waals surface area contributed by atoms with E-state index in [4.69, 9.17) is 4.74 Å². The van der Waals surface area contributed by atoms with E-state index in [0.29, 0.717) is 12.2 Å². The van der Waals surface area contributed by atoms with Gasteiger partial charge in [-0.05, 0) is 55.7 Å². The molecule has 0 spiro atoms. The predicted octanol–water partition coefficient (Wildman–Crippen LogP) is 3.57. The minimum absolute atomic E-state index is 0.141. The maximum Gasteiger partial charge on any atom is 0.338 e. The lowest BCUT2D eigenvalue weighted by atomic mass is 9.94. The first kappa shape index (κ1) is 24.7. The van der Waals surface area contributed by atoms with Gasteiger partial charge in [0.15, 0.2) is 11.6 Å². The number of ether oxygens (including phenoxy) is 1. The Morgan fingerprint density at radius 1 is 1.06 bits per heavy atom. The molecule has 4 rings (SSSR count). The Balaban J connectivity index is 1.58. The van der Waals surface area contributed by atoms with E-state index in [1.807, 2.05) is 0 Å². The van der Waals surface area contributed by atoms with Gasteiger partial charge in [0.05, 0.1) is 18.2 Å². The van der Waals surface area contributed by atoms with Crippen molar-refractivity contribution in [2.45, 2.75) is 26.8 Å². The fourth-order valence-corrected chi connectivity index (χ4v) is 4.57. The molecule has 2 aliphatic heterocycles. The maximum atomic E-state index is 14.0. The molecule has 9 heteroatoms. The van der Waals surface area contributed by atoms with Crippen molar-refractivity contribution in [2.24, 2.45) is 0 Å². The second-order valence-corrected chi connectivity index (χ2v) is 8.87. The Bertz CT molecular complexity index is 1160. The highest BCUT2D eigenvalue weighted by molar-refractivity contribution is 5.95. The SMILES string of the molecule is CCOC(=O)C1=C(CN2CCN(c3cc(C)ccc3C)CC2)NC(=O)N[C@H]1c1ccc(F)c(F)c1. The van der Waals surface area contributed by atoms with E-state index >= 15 is 0 Å². The summed E-state index contributed by atoms with van der Waals surface area (Å²) in [7, 11) is 0. The average molecular weight is 485 g/mol. The molecule has 2 aromatic rings. The molecule has 1 atom stereocenters. The van der Waals surface area contributed by atoms with Crippen molar-refractivity contribution in [3.05, 3.63) is 76.0 Å². The van der Waals surface area contributed by atoms with E-state index in [2.05, 4.69) is 52.5 Å². The van der Waals surface area contributed by atoms with Gasteiger partial charge in [-0.1, -0.05) is 18.2 Å². The van der Waals surface area contributed by atoms with E-state index in [0.717, 1.165) is 38.3 Å². The van der Waals surface area contributed by atoms with Crippen molar-refractivity contribution in [1.82, 2.24) is 15.5 Å². The van der Waals surface area contributed by atoms with Crippen molar-refractivity contribution >= 4 is 17.7 Å². The molecule has 2 amide bonds. The number of aryl methyl sites for hydroxylation is 2. The summed E-state index contributed by atoms with van der Waals surface area (Å²) < 4.78 is 32.7. The number of urea groups is 1. The summed E-state index contributed by atoms with van der Waals surface area (Å²) in [5.41, 5.74) is 4.49. The van der Waals surface area contributed by atoms with Crippen LogP contribution in [0, 0.1) is 25.5 Å². The van der Waals surface area contributed by atoms with Gasteiger partial charge in [-0.3, -0.25) is 4.90 Å². The molecule has 1 fully saturated rings. The van der Waals surface area contributed by atoms with Gasteiger partial charge in [0.25, 0.3) is 0 Å². The fraction of sp³-hybridized carbons (Fsp3) is 0.385. The zero-order valence-electron chi connectivity index (χ0n) is 20.2. The summed E-state index contributed by atoms with van der Waals surface area (Å²) in [4.78, 5) is 29.9. The molecule has 0 aliphatic carbocycles. The van der Waals surface area contributed by atoms with E-state index < -0.39 is 29.7 Å². The molecule has 2 heterocycles. The molecule has 2 N–H and O–H groups in total. The van der Waals surface area contributed by atoms with Crippen LogP contribution in [0.1, 0.15) is 29.7 Å². The van der Waals surface area contributed by atoms with Crippen molar-refractivity contribution in [3.63, 3.8) is 0 Å². The van der Waals surface area contributed by atoms with Gasteiger partial charge in [0.2, 0.25) is 0 Å². The molecule has 0 aromatic heterocycles. The predicted molar refractivity (Wildman–Crippen MR) is 129 cm³/mol. The normalized spacial score (nSPS) is 18.8. The van der Waals surface area contributed by atoms with Gasteiger partial charge in [0.1, 0.15) is 0 Å². The Labute approximate surface area is 203 Å². The van der Waals surface area contributed by atoms with Crippen LogP contribution in [-0.2, 0) is 9.53 Å². The largest absolute Gasteiger partial charge is 0.463 e. The summed E-state index contributed by atoms with van der Waals surface area (Å²) in [6.45, 7) is 9.37. The van der Waals surface area contributed by atoms with Crippen molar-refractivity contribution in [1.29, 1.82) is 0 Å². The number of benzene rings is 2. The molecule has 0 saturated carbocycles. The number of halogens is 2. The van der Waals surface area contributed by atoms with Gasteiger partial charge in [-0.15, -0.1) is 0 Å². The lowest BCUT2D eigenvalue weighted by molar-refractivity contribution is -0.139. The number of nitrogens with one attached hydrogen (secondary N) is 2. The van der Waals surface area contributed by atoms with Crippen LogP contribution in [0.5, 0.6) is 0 Å². The molecule has 0 bridgehead atoms. The molecular formula is C26H30F2N4O3. The molecule has 2 aromatic carbocycles. The number of rotatable bonds is 6. The van der Waals surface area contributed by atoms with Crippen LogP contribution in [0.15, 0.2) is 47.7 Å². The van der Waals surface area contributed by atoms with Gasteiger partial charge >= 0.3 is 12.0 Å². The van der Waals surface area contributed by atoms with Crippen LogP contribution in [0.4, 0.5) is 19.3 Å². The molecule has 35 heavy (non-hydrogen) atoms. The highest BCUT2D eigenvalue weighted by Gasteiger charge is 2.35. The summed E-state index contributed by atoms with van der Waals surface area (Å²) in [6.07, 6.45) is 0. The maximum absolute atomic E-state index is 14.0. The summed E-state index contributed by atoms with van der Waals surface area (Å²) >= 11 is 0. The van der Waals surface area contributed by atoms with Crippen molar-refractivity contribution in [3.8, 4) is 0 Å². The molecule has 1 saturated heterocycles. The first-order chi connectivity index (χ1) is 16.8.